The van der Waals surface area contributed by atoms with E-state index in [-0.39, 0.29) is 11.6 Å². The Morgan fingerprint density at radius 3 is 2.65 bits per heavy atom. The Morgan fingerprint density at radius 2 is 1.88 bits per heavy atom. The number of phenolic OH excluding ortho intramolecular Hbond substituents is 1. The Kier molecular flexibility index (Phi) is 4.41. The Balaban J connectivity index is 1.52. The zero-order valence-corrected chi connectivity index (χ0v) is 14.3. The summed E-state index contributed by atoms with van der Waals surface area (Å²) in [6.07, 6.45) is -0.812. The molecule has 0 saturated carbocycles. The van der Waals surface area contributed by atoms with Crippen molar-refractivity contribution >= 4 is 28.7 Å². The van der Waals surface area contributed by atoms with Crippen LogP contribution in [-0.2, 0) is 4.74 Å². The highest BCUT2D eigenvalue weighted by Crippen LogP contribution is 2.34. The highest BCUT2D eigenvalue weighted by molar-refractivity contribution is 7.99. The number of nitrogens with two attached hydrogens (primary N) is 1. The Hall–Kier alpha value is -2.40. The monoisotopic (exact) mass is 375 g/mol. The molecule has 1 fully saturated rings. The highest BCUT2D eigenvalue weighted by atomic mass is 32.2. The van der Waals surface area contributed by atoms with E-state index in [0.29, 0.717) is 16.9 Å². The molecule has 0 spiro atoms. The number of fused-ring (bicyclic) bond motifs is 1. The van der Waals surface area contributed by atoms with Crippen LogP contribution in [0.1, 0.15) is 6.23 Å². The number of ether oxygens (including phenoxy) is 1. The summed E-state index contributed by atoms with van der Waals surface area (Å²) in [6.45, 7) is 0. The van der Waals surface area contributed by atoms with Crippen molar-refractivity contribution in [2.45, 2.75) is 29.4 Å². The van der Waals surface area contributed by atoms with Gasteiger partial charge in [0.1, 0.15) is 29.8 Å². The van der Waals surface area contributed by atoms with Crippen LogP contribution in [0.5, 0.6) is 5.75 Å². The molecule has 136 valence electrons. The molecule has 1 saturated heterocycles. The van der Waals surface area contributed by atoms with E-state index < -0.39 is 24.5 Å². The largest absolute Gasteiger partial charge is 0.508 e. The number of nitrogens with zero attached hydrogens (tertiary/aromatic N) is 4. The molecule has 9 nitrogen and oxygen atoms in total. The van der Waals surface area contributed by atoms with E-state index in [1.807, 2.05) is 0 Å². The number of anilines is 1. The van der Waals surface area contributed by atoms with Crippen LogP contribution in [0.15, 0.2) is 41.8 Å². The molecule has 0 aliphatic carbocycles. The summed E-state index contributed by atoms with van der Waals surface area (Å²) < 4.78 is 7.42. The van der Waals surface area contributed by atoms with Crippen molar-refractivity contribution in [3.05, 3.63) is 36.9 Å². The van der Waals surface area contributed by atoms with E-state index in [2.05, 4.69) is 15.0 Å². The van der Waals surface area contributed by atoms with E-state index in [0.717, 1.165) is 4.90 Å². The van der Waals surface area contributed by atoms with Gasteiger partial charge in [0.25, 0.3) is 0 Å². The van der Waals surface area contributed by atoms with Crippen molar-refractivity contribution in [3.8, 4) is 5.75 Å². The van der Waals surface area contributed by atoms with Crippen molar-refractivity contribution in [2.75, 3.05) is 11.5 Å². The third kappa shape index (κ3) is 2.97. The maximum absolute atomic E-state index is 10.4. The normalized spacial score (nSPS) is 25.8. The molecule has 3 heterocycles. The molecule has 0 bridgehead atoms. The molecule has 0 amide bonds. The van der Waals surface area contributed by atoms with Gasteiger partial charge in [0.2, 0.25) is 0 Å². The number of aliphatic hydroxyl groups excluding tert-OH is 2. The zero-order chi connectivity index (χ0) is 18.3. The highest BCUT2D eigenvalue weighted by Gasteiger charge is 2.44. The number of aromatic nitrogens is 4. The summed E-state index contributed by atoms with van der Waals surface area (Å²) in [7, 11) is 0. The Morgan fingerprint density at radius 1 is 1.12 bits per heavy atom. The molecule has 0 unspecified atom stereocenters. The second kappa shape index (κ2) is 6.72. The summed E-state index contributed by atoms with van der Waals surface area (Å²) in [5.74, 6) is 0.861. The van der Waals surface area contributed by atoms with Gasteiger partial charge < -0.3 is 25.8 Å². The van der Waals surface area contributed by atoms with Crippen molar-refractivity contribution in [1.29, 1.82) is 0 Å². The first-order valence-corrected chi connectivity index (χ1v) is 8.89. The molecule has 2 aromatic heterocycles. The van der Waals surface area contributed by atoms with Crippen LogP contribution in [0.3, 0.4) is 0 Å². The van der Waals surface area contributed by atoms with Crippen LogP contribution in [0, 0.1) is 0 Å². The summed E-state index contributed by atoms with van der Waals surface area (Å²) in [6, 6.07) is 6.73. The number of phenols is 1. The first-order valence-electron chi connectivity index (χ1n) is 7.91. The van der Waals surface area contributed by atoms with Crippen molar-refractivity contribution in [2.24, 2.45) is 0 Å². The molecule has 10 heteroatoms. The SMILES string of the molecule is Nc1ncnc2c1ncn2[C@@H]1O[C@H](CSc2ccc(O)cc2)[C@@H](O)[C@H]1O. The third-order valence-electron chi connectivity index (χ3n) is 4.25. The number of imidazole rings is 1. The summed E-state index contributed by atoms with van der Waals surface area (Å²) in [4.78, 5) is 13.1. The molecule has 4 atom stereocenters. The van der Waals surface area contributed by atoms with Crippen LogP contribution in [0.25, 0.3) is 11.2 Å². The van der Waals surface area contributed by atoms with E-state index in [1.165, 1.54) is 24.4 Å². The van der Waals surface area contributed by atoms with E-state index in [9.17, 15) is 15.3 Å². The minimum absolute atomic E-state index is 0.190. The topological polar surface area (TPSA) is 140 Å². The van der Waals surface area contributed by atoms with Gasteiger partial charge in [0, 0.05) is 10.6 Å². The second-order valence-electron chi connectivity index (χ2n) is 5.93. The number of aromatic hydroxyl groups is 1. The minimum atomic E-state index is -1.13. The van der Waals surface area contributed by atoms with Gasteiger partial charge in [-0.05, 0) is 24.3 Å². The van der Waals surface area contributed by atoms with Gasteiger partial charge in [-0.3, -0.25) is 4.57 Å². The molecular formula is C16H17N5O4S. The van der Waals surface area contributed by atoms with Gasteiger partial charge in [0.15, 0.2) is 17.7 Å². The Bertz CT molecular complexity index is 919. The lowest BCUT2D eigenvalue weighted by molar-refractivity contribution is -0.0289. The number of aliphatic hydroxyl groups is 2. The zero-order valence-electron chi connectivity index (χ0n) is 13.5. The lowest BCUT2D eigenvalue weighted by Gasteiger charge is -2.16. The molecule has 26 heavy (non-hydrogen) atoms. The lowest BCUT2D eigenvalue weighted by Crippen LogP contribution is -2.32. The maximum atomic E-state index is 10.4. The summed E-state index contributed by atoms with van der Waals surface area (Å²) in [5, 5.41) is 30.1. The average molecular weight is 375 g/mol. The van der Waals surface area contributed by atoms with Gasteiger partial charge in [-0.2, -0.15) is 0 Å². The number of hydrogen-bond donors (Lipinski definition) is 4. The van der Waals surface area contributed by atoms with Crippen LogP contribution < -0.4 is 5.73 Å². The molecule has 1 aliphatic rings. The summed E-state index contributed by atoms with van der Waals surface area (Å²) in [5.41, 5.74) is 6.63. The fraction of sp³-hybridized carbons (Fsp3) is 0.312. The molecule has 3 aromatic rings. The van der Waals surface area contributed by atoms with Crippen molar-refractivity contribution in [1.82, 2.24) is 19.5 Å². The molecule has 4 rings (SSSR count). The molecule has 1 aliphatic heterocycles. The van der Waals surface area contributed by atoms with E-state index >= 15 is 0 Å². The van der Waals surface area contributed by atoms with Crippen LogP contribution in [0.2, 0.25) is 0 Å². The minimum Gasteiger partial charge on any atom is -0.508 e. The molecule has 5 N–H and O–H groups in total. The lowest BCUT2D eigenvalue weighted by atomic mass is 10.1. The van der Waals surface area contributed by atoms with E-state index in [4.69, 9.17) is 10.5 Å². The number of rotatable bonds is 4. The number of nitrogen functional groups attached to an aromatic ring is 1. The van der Waals surface area contributed by atoms with Gasteiger partial charge >= 0.3 is 0 Å². The quantitative estimate of drug-likeness (QED) is 0.481. The average Bonchev–Trinajstić information content (AvgIpc) is 3.18. The van der Waals surface area contributed by atoms with Crippen LogP contribution in [-0.4, -0.2) is 58.9 Å². The van der Waals surface area contributed by atoms with Crippen molar-refractivity contribution in [3.63, 3.8) is 0 Å². The second-order valence-corrected chi connectivity index (χ2v) is 7.03. The number of thioether (sulfide) groups is 1. The fourth-order valence-corrected chi connectivity index (χ4v) is 3.83. The summed E-state index contributed by atoms with van der Waals surface area (Å²) >= 11 is 1.46. The predicted octanol–water partition coefficient (Wildman–Crippen LogP) is 0.526. The van der Waals surface area contributed by atoms with Crippen LogP contribution in [0.4, 0.5) is 5.82 Å². The number of hydrogen-bond acceptors (Lipinski definition) is 9. The van der Waals surface area contributed by atoms with Gasteiger partial charge in [-0.1, -0.05) is 0 Å². The molecule has 0 radical (unpaired) electrons. The smallest absolute Gasteiger partial charge is 0.167 e. The van der Waals surface area contributed by atoms with E-state index in [1.54, 1.807) is 28.8 Å². The third-order valence-corrected chi connectivity index (χ3v) is 5.35. The standard InChI is InChI=1S/C16H17N5O4S/c17-14-11-15(19-6-18-14)21(7-20-11)16-13(24)12(23)10(25-16)5-26-9-3-1-8(22)2-4-9/h1-4,6-7,10,12-13,16,22-24H,5H2,(H2,17,18,19)/t10-,12-,13-,16-/m1/s1. The van der Waals surface area contributed by atoms with Crippen LogP contribution >= 0.6 is 11.8 Å². The first kappa shape index (κ1) is 17.0. The maximum Gasteiger partial charge on any atom is 0.167 e. The van der Waals surface area contributed by atoms with Gasteiger partial charge in [-0.15, -0.1) is 11.8 Å². The van der Waals surface area contributed by atoms with Gasteiger partial charge in [-0.25, -0.2) is 15.0 Å². The fourth-order valence-electron chi connectivity index (χ4n) is 2.87. The van der Waals surface area contributed by atoms with Crippen molar-refractivity contribution < 1.29 is 20.1 Å². The molecule has 1 aromatic carbocycles. The predicted molar refractivity (Wildman–Crippen MR) is 94.5 cm³/mol. The Labute approximate surface area is 152 Å². The molecular weight excluding hydrogens is 358 g/mol. The number of benzene rings is 1. The van der Waals surface area contributed by atoms with Gasteiger partial charge in [0.05, 0.1) is 12.4 Å². The first-order chi connectivity index (χ1) is 12.5.